The highest BCUT2D eigenvalue weighted by molar-refractivity contribution is 5.81. The number of hydrogen-bond acceptors (Lipinski definition) is 3. The largest absolute Gasteiger partial charge is 0.425 e. The maximum atomic E-state index is 11.5. The van der Waals surface area contributed by atoms with Crippen LogP contribution in [0.4, 0.5) is 0 Å². The first kappa shape index (κ1) is 9.93. The molecule has 0 aliphatic carbocycles. The molecule has 0 amide bonds. The normalized spacial score (nSPS) is 12.9. The molecule has 1 heterocycles. The highest BCUT2D eigenvalue weighted by atomic mass is 16.4. The summed E-state index contributed by atoms with van der Waals surface area (Å²) in [6.45, 7) is 1.83. The predicted octanol–water partition coefficient (Wildman–Crippen LogP) is 2.24. The Balaban J connectivity index is 2.67. The molecule has 0 radical (unpaired) electrons. The molecule has 0 aliphatic rings. The van der Waals surface area contributed by atoms with E-state index in [-0.39, 0.29) is 0 Å². The van der Waals surface area contributed by atoms with Crippen LogP contribution in [0.1, 0.15) is 25.2 Å². The van der Waals surface area contributed by atoms with Crippen molar-refractivity contribution in [2.24, 2.45) is 0 Å². The van der Waals surface area contributed by atoms with Crippen LogP contribution < -0.4 is 5.63 Å². The van der Waals surface area contributed by atoms with E-state index in [1.807, 2.05) is 19.1 Å². The number of benzene rings is 1. The van der Waals surface area contributed by atoms with E-state index in [2.05, 4.69) is 0 Å². The van der Waals surface area contributed by atoms with Gasteiger partial charge < -0.3 is 9.52 Å². The Labute approximate surface area is 87.0 Å². The monoisotopic (exact) mass is 204 g/mol. The molecule has 1 N–H and O–H groups in total. The number of hydrogen-bond donors (Lipinski definition) is 1. The van der Waals surface area contributed by atoms with Gasteiger partial charge in [0.15, 0.2) is 0 Å². The van der Waals surface area contributed by atoms with E-state index in [9.17, 15) is 9.90 Å². The molecule has 2 aromatic rings. The summed E-state index contributed by atoms with van der Waals surface area (Å²) in [5.41, 5.74) is -0.393. The van der Waals surface area contributed by atoms with Gasteiger partial charge in [0, 0.05) is 0 Å². The highest BCUT2D eigenvalue weighted by Gasteiger charge is 2.10. The van der Waals surface area contributed by atoms with Crippen molar-refractivity contribution in [2.75, 3.05) is 0 Å². The second kappa shape index (κ2) is 3.87. The summed E-state index contributed by atoms with van der Waals surface area (Å²) in [5, 5.41) is 10.9. The summed E-state index contributed by atoms with van der Waals surface area (Å²) in [4.78, 5) is 11.5. The highest BCUT2D eigenvalue weighted by Crippen LogP contribution is 2.18. The predicted molar refractivity (Wildman–Crippen MR) is 57.7 cm³/mol. The van der Waals surface area contributed by atoms with E-state index >= 15 is 0 Å². The molecule has 0 bridgehead atoms. The smallest absolute Gasteiger partial charge is 0.343 e. The maximum Gasteiger partial charge on any atom is 0.343 e. The van der Waals surface area contributed by atoms with Crippen molar-refractivity contribution in [3.8, 4) is 0 Å². The van der Waals surface area contributed by atoms with Gasteiger partial charge in [0.05, 0.1) is 5.39 Å². The first-order chi connectivity index (χ1) is 7.22. The van der Waals surface area contributed by atoms with E-state index in [4.69, 9.17) is 4.42 Å². The minimum atomic E-state index is -0.706. The zero-order chi connectivity index (χ0) is 10.8. The molecule has 0 saturated carbocycles. The zero-order valence-electron chi connectivity index (χ0n) is 8.43. The van der Waals surface area contributed by atoms with Crippen LogP contribution in [-0.2, 0) is 0 Å². The molecule has 1 aromatic heterocycles. The Morgan fingerprint density at radius 1 is 1.40 bits per heavy atom. The van der Waals surface area contributed by atoms with Crippen LogP contribution in [0.2, 0.25) is 0 Å². The van der Waals surface area contributed by atoms with Gasteiger partial charge in [-0.15, -0.1) is 0 Å². The standard InChI is InChI=1S/C12H12O3/c1-2-10(13)11-7-8-5-3-4-6-9(8)12(14)15-11/h3-7,10,13H,2H2,1H3. The van der Waals surface area contributed by atoms with Crippen LogP contribution in [-0.4, -0.2) is 5.11 Å². The van der Waals surface area contributed by atoms with E-state index in [1.54, 1.807) is 18.2 Å². The number of rotatable bonds is 2. The van der Waals surface area contributed by atoms with Crippen molar-refractivity contribution in [2.45, 2.75) is 19.4 Å². The second-order valence-electron chi connectivity index (χ2n) is 3.45. The van der Waals surface area contributed by atoms with Crippen LogP contribution in [0.25, 0.3) is 10.8 Å². The summed E-state index contributed by atoms with van der Waals surface area (Å²) in [6.07, 6.45) is -0.177. The Kier molecular flexibility index (Phi) is 2.56. The summed E-state index contributed by atoms with van der Waals surface area (Å²) in [5.74, 6) is 0.334. The second-order valence-corrected chi connectivity index (χ2v) is 3.45. The number of aliphatic hydroxyl groups is 1. The Morgan fingerprint density at radius 3 is 2.87 bits per heavy atom. The summed E-state index contributed by atoms with van der Waals surface area (Å²) in [6, 6.07) is 8.89. The summed E-state index contributed by atoms with van der Waals surface area (Å²) >= 11 is 0. The van der Waals surface area contributed by atoms with Gasteiger partial charge in [-0.25, -0.2) is 4.79 Å². The Morgan fingerprint density at radius 2 is 2.13 bits per heavy atom. The Hall–Kier alpha value is -1.61. The van der Waals surface area contributed by atoms with Crippen LogP contribution in [0.15, 0.2) is 39.5 Å². The van der Waals surface area contributed by atoms with Crippen molar-refractivity contribution in [1.29, 1.82) is 0 Å². The van der Waals surface area contributed by atoms with Gasteiger partial charge in [-0.05, 0) is 23.9 Å². The zero-order valence-corrected chi connectivity index (χ0v) is 8.43. The average molecular weight is 204 g/mol. The molecular formula is C12H12O3. The minimum absolute atomic E-state index is 0.334. The molecule has 78 valence electrons. The van der Waals surface area contributed by atoms with Crippen LogP contribution in [0, 0.1) is 0 Å². The molecule has 1 aromatic carbocycles. The van der Waals surface area contributed by atoms with Gasteiger partial charge in [-0.3, -0.25) is 0 Å². The number of fused-ring (bicyclic) bond motifs is 1. The lowest BCUT2D eigenvalue weighted by atomic mass is 10.1. The molecular weight excluding hydrogens is 192 g/mol. The van der Waals surface area contributed by atoms with E-state index < -0.39 is 11.7 Å². The van der Waals surface area contributed by atoms with Crippen LogP contribution in [0.5, 0.6) is 0 Å². The quantitative estimate of drug-likeness (QED) is 0.816. The molecule has 0 aliphatic heterocycles. The SMILES string of the molecule is CCC(O)c1cc2ccccc2c(=O)o1. The average Bonchev–Trinajstić information content (AvgIpc) is 2.28. The molecule has 0 spiro atoms. The lowest BCUT2D eigenvalue weighted by molar-refractivity contribution is 0.142. The summed E-state index contributed by atoms with van der Waals surface area (Å²) < 4.78 is 5.04. The fraction of sp³-hybridized carbons (Fsp3) is 0.250. The molecule has 3 nitrogen and oxygen atoms in total. The third-order valence-corrected chi connectivity index (χ3v) is 2.40. The first-order valence-electron chi connectivity index (χ1n) is 4.93. The molecule has 0 saturated heterocycles. The Bertz CT molecular complexity index is 528. The third-order valence-electron chi connectivity index (χ3n) is 2.40. The van der Waals surface area contributed by atoms with E-state index in [1.165, 1.54) is 0 Å². The fourth-order valence-corrected chi connectivity index (χ4v) is 1.52. The third kappa shape index (κ3) is 1.78. The lowest BCUT2D eigenvalue weighted by Gasteiger charge is -2.06. The van der Waals surface area contributed by atoms with Gasteiger partial charge in [0.2, 0.25) is 0 Å². The van der Waals surface area contributed by atoms with Crippen LogP contribution >= 0.6 is 0 Å². The van der Waals surface area contributed by atoms with Crippen LogP contribution in [0.3, 0.4) is 0 Å². The van der Waals surface area contributed by atoms with Crippen molar-refractivity contribution in [1.82, 2.24) is 0 Å². The molecule has 3 heteroatoms. The van der Waals surface area contributed by atoms with Crippen molar-refractivity contribution in [3.05, 3.63) is 46.5 Å². The molecule has 1 atom stereocenters. The van der Waals surface area contributed by atoms with E-state index in [0.29, 0.717) is 17.6 Å². The van der Waals surface area contributed by atoms with Crippen molar-refractivity contribution < 1.29 is 9.52 Å². The molecule has 15 heavy (non-hydrogen) atoms. The van der Waals surface area contributed by atoms with Crippen molar-refractivity contribution in [3.63, 3.8) is 0 Å². The summed E-state index contributed by atoms with van der Waals surface area (Å²) in [7, 11) is 0. The topological polar surface area (TPSA) is 50.4 Å². The van der Waals surface area contributed by atoms with Crippen molar-refractivity contribution >= 4 is 10.8 Å². The van der Waals surface area contributed by atoms with Gasteiger partial charge in [-0.1, -0.05) is 25.1 Å². The maximum absolute atomic E-state index is 11.5. The first-order valence-corrected chi connectivity index (χ1v) is 4.93. The number of aliphatic hydroxyl groups excluding tert-OH is 1. The molecule has 1 unspecified atom stereocenters. The fourth-order valence-electron chi connectivity index (χ4n) is 1.52. The minimum Gasteiger partial charge on any atom is -0.425 e. The molecule has 0 fully saturated rings. The van der Waals surface area contributed by atoms with Gasteiger partial charge >= 0.3 is 5.63 Å². The van der Waals surface area contributed by atoms with Gasteiger partial charge in [0.1, 0.15) is 11.9 Å². The lowest BCUT2D eigenvalue weighted by Crippen LogP contribution is -2.05. The van der Waals surface area contributed by atoms with Gasteiger partial charge in [0.25, 0.3) is 0 Å². The van der Waals surface area contributed by atoms with Gasteiger partial charge in [-0.2, -0.15) is 0 Å². The van der Waals surface area contributed by atoms with E-state index in [0.717, 1.165) is 5.39 Å². The molecule has 2 rings (SSSR count).